The number of hydrogen-bond donors (Lipinski definition) is 0. The fraction of sp³-hybridized carbons (Fsp3) is 0.150. The van der Waals surface area contributed by atoms with E-state index in [1.165, 1.54) is 4.90 Å². The third-order valence-corrected chi connectivity index (χ3v) is 5.63. The topological polar surface area (TPSA) is 64.4 Å². The molecule has 1 saturated heterocycles. The normalized spacial score (nSPS) is 15.3. The quantitative estimate of drug-likeness (QED) is 0.647. The van der Waals surface area contributed by atoms with Gasteiger partial charge < -0.3 is 4.90 Å². The Morgan fingerprint density at radius 1 is 1.22 bits per heavy atom. The first kappa shape index (κ1) is 19.2. The van der Waals surface area contributed by atoms with Crippen LogP contribution in [0.3, 0.4) is 0 Å². The van der Waals surface area contributed by atoms with Crippen molar-refractivity contribution in [2.45, 2.75) is 6.54 Å². The SMILES string of the molecule is CN(C)c1ccc(/C=C2/SC(=O)N(Cc3ccccc3C#N)C2=O)cc1Br. The molecular weight excluding hydrogens is 426 g/mol. The number of rotatable bonds is 4. The van der Waals surface area contributed by atoms with Crippen molar-refractivity contribution >= 4 is 50.6 Å². The number of amides is 2. The second kappa shape index (κ2) is 7.99. The maximum atomic E-state index is 12.7. The van der Waals surface area contributed by atoms with E-state index in [9.17, 15) is 14.9 Å². The molecule has 1 aliphatic heterocycles. The molecule has 0 N–H and O–H groups in total. The number of nitriles is 1. The van der Waals surface area contributed by atoms with Gasteiger partial charge in [0.2, 0.25) is 0 Å². The summed E-state index contributed by atoms with van der Waals surface area (Å²) in [5.41, 5.74) is 2.97. The number of anilines is 1. The predicted molar refractivity (Wildman–Crippen MR) is 111 cm³/mol. The number of halogens is 1. The summed E-state index contributed by atoms with van der Waals surface area (Å²) in [4.78, 5) is 28.6. The Balaban J connectivity index is 1.85. The standard InChI is InChI=1S/C20H16BrN3O2S/c1-23(2)17-8-7-13(9-16(17)21)10-18-19(25)24(20(26)27-18)12-15-6-4-3-5-14(15)11-22/h3-10H,12H2,1-2H3/b18-10+. The van der Waals surface area contributed by atoms with E-state index in [2.05, 4.69) is 22.0 Å². The molecule has 1 heterocycles. The summed E-state index contributed by atoms with van der Waals surface area (Å²) in [5.74, 6) is -0.342. The molecule has 0 saturated carbocycles. The van der Waals surface area contributed by atoms with E-state index in [1.54, 1.807) is 30.3 Å². The van der Waals surface area contributed by atoms with Gasteiger partial charge in [0, 0.05) is 18.6 Å². The molecule has 0 unspecified atom stereocenters. The van der Waals surface area contributed by atoms with Crippen LogP contribution in [0.5, 0.6) is 0 Å². The van der Waals surface area contributed by atoms with Gasteiger partial charge in [-0.3, -0.25) is 14.5 Å². The Morgan fingerprint density at radius 3 is 2.63 bits per heavy atom. The van der Waals surface area contributed by atoms with Crippen molar-refractivity contribution in [2.75, 3.05) is 19.0 Å². The van der Waals surface area contributed by atoms with Gasteiger partial charge in [0.15, 0.2) is 0 Å². The first-order valence-corrected chi connectivity index (χ1v) is 9.72. The Hall–Kier alpha value is -2.56. The van der Waals surface area contributed by atoms with Crippen molar-refractivity contribution in [3.05, 3.63) is 68.5 Å². The van der Waals surface area contributed by atoms with Gasteiger partial charge in [0.1, 0.15) is 0 Å². The molecule has 2 amide bonds. The number of nitrogens with zero attached hydrogens (tertiary/aromatic N) is 3. The average Bonchev–Trinajstić information content (AvgIpc) is 2.89. The van der Waals surface area contributed by atoms with E-state index in [0.29, 0.717) is 16.0 Å². The molecule has 0 aromatic heterocycles. The number of benzene rings is 2. The Bertz CT molecular complexity index is 995. The maximum Gasteiger partial charge on any atom is 0.293 e. The van der Waals surface area contributed by atoms with Gasteiger partial charge >= 0.3 is 0 Å². The molecule has 0 spiro atoms. The van der Waals surface area contributed by atoms with Gasteiger partial charge in [-0.1, -0.05) is 24.3 Å². The molecule has 1 aliphatic rings. The third-order valence-electron chi connectivity index (χ3n) is 4.09. The van der Waals surface area contributed by atoms with E-state index < -0.39 is 0 Å². The van der Waals surface area contributed by atoms with E-state index in [0.717, 1.165) is 27.5 Å². The second-order valence-electron chi connectivity index (χ2n) is 6.14. The molecule has 3 rings (SSSR count). The van der Waals surface area contributed by atoms with Crippen LogP contribution in [0.15, 0.2) is 51.8 Å². The van der Waals surface area contributed by atoms with Crippen LogP contribution < -0.4 is 4.90 Å². The highest BCUT2D eigenvalue weighted by atomic mass is 79.9. The van der Waals surface area contributed by atoms with Crippen molar-refractivity contribution in [1.82, 2.24) is 4.90 Å². The van der Waals surface area contributed by atoms with Crippen molar-refractivity contribution < 1.29 is 9.59 Å². The fourth-order valence-corrected chi connectivity index (χ4v) is 4.29. The summed E-state index contributed by atoms with van der Waals surface area (Å²) in [6.07, 6.45) is 1.71. The van der Waals surface area contributed by atoms with E-state index in [4.69, 9.17) is 0 Å². The first-order chi connectivity index (χ1) is 12.9. The highest BCUT2D eigenvalue weighted by Crippen LogP contribution is 2.34. The lowest BCUT2D eigenvalue weighted by Gasteiger charge is -2.15. The molecule has 1 fully saturated rings. The molecule has 136 valence electrons. The Kier molecular flexibility index (Phi) is 5.68. The van der Waals surface area contributed by atoms with Crippen LogP contribution in [-0.2, 0) is 11.3 Å². The highest BCUT2D eigenvalue weighted by Gasteiger charge is 2.35. The number of hydrogen-bond acceptors (Lipinski definition) is 5. The monoisotopic (exact) mass is 441 g/mol. The summed E-state index contributed by atoms with van der Waals surface area (Å²) in [6.45, 7) is 0.0923. The first-order valence-electron chi connectivity index (χ1n) is 8.11. The zero-order chi connectivity index (χ0) is 19.6. The summed E-state index contributed by atoms with van der Waals surface area (Å²) in [7, 11) is 3.90. The number of thioether (sulfide) groups is 1. The summed E-state index contributed by atoms with van der Waals surface area (Å²) < 4.78 is 0.906. The number of carbonyl (C=O) groups is 2. The largest absolute Gasteiger partial charge is 0.377 e. The second-order valence-corrected chi connectivity index (χ2v) is 7.99. The molecular formula is C20H16BrN3O2S. The van der Waals surface area contributed by atoms with Crippen molar-refractivity contribution in [2.24, 2.45) is 0 Å². The van der Waals surface area contributed by atoms with Gasteiger partial charge in [0.05, 0.1) is 28.8 Å². The average molecular weight is 442 g/mol. The van der Waals surface area contributed by atoms with Gasteiger partial charge in [0.25, 0.3) is 11.1 Å². The minimum Gasteiger partial charge on any atom is -0.377 e. The van der Waals surface area contributed by atoms with Crippen LogP contribution in [-0.4, -0.2) is 30.1 Å². The van der Waals surface area contributed by atoms with Crippen LogP contribution in [0.2, 0.25) is 0 Å². The van der Waals surface area contributed by atoms with E-state index in [1.807, 2.05) is 37.2 Å². The molecule has 2 aromatic carbocycles. The fourth-order valence-electron chi connectivity index (χ4n) is 2.70. The Morgan fingerprint density at radius 2 is 1.96 bits per heavy atom. The van der Waals surface area contributed by atoms with Gasteiger partial charge in [-0.15, -0.1) is 0 Å². The minimum absolute atomic E-state index is 0.0923. The lowest BCUT2D eigenvalue weighted by Crippen LogP contribution is -2.27. The smallest absolute Gasteiger partial charge is 0.293 e. The molecule has 0 radical (unpaired) electrons. The zero-order valence-electron chi connectivity index (χ0n) is 14.8. The van der Waals surface area contributed by atoms with Crippen molar-refractivity contribution in [3.8, 4) is 6.07 Å². The summed E-state index contributed by atoms with van der Waals surface area (Å²) in [5, 5.41) is 8.86. The van der Waals surface area contributed by atoms with Gasteiger partial charge in [-0.2, -0.15) is 5.26 Å². The molecule has 2 aromatic rings. The van der Waals surface area contributed by atoms with E-state index >= 15 is 0 Å². The predicted octanol–water partition coefficient (Wildman–Crippen LogP) is 4.62. The molecule has 0 aliphatic carbocycles. The summed E-state index contributed by atoms with van der Waals surface area (Å²) >= 11 is 4.44. The molecule has 0 atom stereocenters. The van der Waals surface area contributed by atoms with Gasteiger partial charge in [-0.05, 0) is 63.1 Å². The van der Waals surface area contributed by atoms with Crippen LogP contribution >= 0.6 is 27.7 Å². The number of carbonyl (C=O) groups excluding carboxylic acids is 2. The Labute approximate surface area is 170 Å². The summed E-state index contributed by atoms with van der Waals surface area (Å²) in [6, 6.07) is 14.8. The van der Waals surface area contributed by atoms with Crippen LogP contribution in [0.1, 0.15) is 16.7 Å². The molecule has 5 nitrogen and oxygen atoms in total. The van der Waals surface area contributed by atoms with Gasteiger partial charge in [-0.25, -0.2) is 0 Å². The molecule has 7 heteroatoms. The van der Waals surface area contributed by atoms with E-state index in [-0.39, 0.29) is 17.7 Å². The van der Waals surface area contributed by atoms with Crippen LogP contribution in [0.25, 0.3) is 6.08 Å². The van der Waals surface area contributed by atoms with Crippen LogP contribution in [0.4, 0.5) is 10.5 Å². The lowest BCUT2D eigenvalue weighted by atomic mass is 10.1. The maximum absolute atomic E-state index is 12.7. The van der Waals surface area contributed by atoms with Crippen molar-refractivity contribution in [3.63, 3.8) is 0 Å². The molecule has 27 heavy (non-hydrogen) atoms. The number of imide groups is 1. The molecule has 0 bridgehead atoms. The third kappa shape index (κ3) is 4.07. The van der Waals surface area contributed by atoms with Crippen LogP contribution in [0, 0.1) is 11.3 Å². The zero-order valence-corrected chi connectivity index (χ0v) is 17.2. The minimum atomic E-state index is -0.342. The van der Waals surface area contributed by atoms with Crippen molar-refractivity contribution in [1.29, 1.82) is 5.26 Å². The lowest BCUT2D eigenvalue weighted by molar-refractivity contribution is -0.123. The highest BCUT2D eigenvalue weighted by molar-refractivity contribution is 9.10.